The fraction of sp³-hybridized carbons (Fsp3) is 0.333. The van der Waals surface area contributed by atoms with Crippen molar-refractivity contribution >= 4 is 11.8 Å². The van der Waals surface area contributed by atoms with Gasteiger partial charge in [0.05, 0.1) is 7.11 Å². The topological polar surface area (TPSA) is 21.3 Å². The monoisotopic (exact) mass is 299 g/mol. The van der Waals surface area contributed by atoms with E-state index in [-0.39, 0.29) is 0 Å². The van der Waals surface area contributed by atoms with Crippen molar-refractivity contribution in [3.05, 3.63) is 65.2 Å². The number of ether oxygens (including phenoxy) is 1. The van der Waals surface area contributed by atoms with Crippen LogP contribution in [0.25, 0.3) is 0 Å². The van der Waals surface area contributed by atoms with Gasteiger partial charge in [-0.1, -0.05) is 36.4 Å². The highest BCUT2D eigenvalue weighted by atomic mass is 32.2. The Hall–Kier alpha value is -1.45. The van der Waals surface area contributed by atoms with Crippen molar-refractivity contribution in [1.82, 2.24) is 5.32 Å². The van der Waals surface area contributed by atoms with Crippen LogP contribution in [0.1, 0.15) is 22.7 Å². The molecule has 1 aliphatic rings. The van der Waals surface area contributed by atoms with E-state index in [0.717, 1.165) is 24.5 Å². The Kier molecular flexibility index (Phi) is 4.84. The van der Waals surface area contributed by atoms with Crippen LogP contribution in [0.15, 0.2) is 48.5 Å². The molecule has 1 aliphatic heterocycles. The Balaban J connectivity index is 1.56. The molecule has 1 atom stereocenters. The van der Waals surface area contributed by atoms with Crippen LogP contribution in [-0.2, 0) is 12.2 Å². The number of nitrogens with one attached hydrogen (secondary N) is 1. The van der Waals surface area contributed by atoms with Gasteiger partial charge in [-0.25, -0.2) is 0 Å². The molecule has 0 radical (unpaired) electrons. The van der Waals surface area contributed by atoms with Crippen LogP contribution in [0.4, 0.5) is 0 Å². The molecule has 1 heterocycles. The second kappa shape index (κ2) is 7.01. The summed E-state index contributed by atoms with van der Waals surface area (Å²) in [5, 5.41) is 3.70. The molecule has 0 amide bonds. The van der Waals surface area contributed by atoms with Crippen LogP contribution < -0.4 is 10.1 Å². The maximum Gasteiger partial charge on any atom is 0.118 e. The molecule has 2 nitrogen and oxygen atoms in total. The van der Waals surface area contributed by atoms with Crippen LogP contribution in [-0.4, -0.2) is 19.4 Å². The zero-order valence-electron chi connectivity index (χ0n) is 12.3. The van der Waals surface area contributed by atoms with Gasteiger partial charge < -0.3 is 10.1 Å². The predicted molar refractivity (Wildman–Crippen MR) is 90.0 cm³/mol. The van der Waals surface area contributed by atoms with Gasteiger partial charge in [-0.2, -0.15) is 11.8 Å². The Bertz CT molecular complexity index is 582. The van der Waals surface area contributed by atoms with E-state index >= 15 is 0 Å². The Labute approximate surface area is 130 Å². The average molecular weight is 299 g/mol. The molecule has 0 bridgehead atoms. The third-order valence-corrected chi connectivity index (χ3v) is 5.02. The molecule has 2 aromatic rings. The van der Waals surface area contributed by atoms with E-state index in [1.54, 1.807) is 7.11 Å². The van der Waals surface area contributed by atoms with Crippen molar-refractivity contribution in [3.8, 4) is 5.75 Å². The molecule has 21 heavy (non-hydrogen) atoms. The zero-order valence-corrected chi connectivity index (χ0v) is 13.2. The molecule has 0 spiro atoms. The first-order valence-electron chi connectivity index (χ1n) is 7.38. The molecule has 1 N–H and O–H groups in total. The quantitative estimate of drug-likeness (QED) is 0.907. The van der Waals surface area contributed by atoms with Gasteiger partial charge in [0, 0.05) is 17.5 Å². The molecule has 0 aromatic heterocycles. The van der Waals surface area contributed by atoms with Crippen molar-refractivity contribution < 1.29 is 4.74 Å². The maximum absolute atomic E-state index is 5.19. The van der Waals surface area contributed by atoms with Crippen LogP contribution in [0.2, 0.25) is 0 Å². The van der Waals surface area contributed by atoms with Gasteiger partial charge in [0.1, 0.15) is 5.75 Å². The van der Waals surface area contributed by atoms with Crippen LogP contribution >= 0.6 is 11.8 Å². The van der Waals surface area contributed by atoms with Gasteiger partial charge in [-0.15, -0.1) is 0 Å². The summed E-state index contributed by atoms with van der Waals surface area (Å²) in [5.74, 6) is 3.23. The van der Waals surface area contributed by atoms with Crippen molar-refractivity contribution in [3.63, 3.8) is 0 Å². The average Bonchev–Trinajstić information content (AvgIpc) is 2.56. The smallest absolute Gasteiger partial charge is 0.118 e. The van der Waals surface area contributed by atoms with Crippen LogP contribution in [0.5, 0.6) is 5.75 Å². The third-order valence-electron chi connectivity index (χ3n) is 3.94. The van der Waals surface area contributed by atoms with Gasteiger partial charge in [0.15, 0.2) is 0 Å². The van der Waals surface area contributed by atoms with E-state index in [0.29, 0.717) is 6.04 Å². The first kappa shape index (κ1) is 14.5. The lowest BCUT2D eigenvalue weighted by Crippen LogP contribution is -2.28. The normalized spacial score (nSPS) is 17.3. The summed E-state index contributed by atoms with van der Waals surface area (Å²) in [5.41, 5.74) is 4.31. The van der Waals surface area contributed by atoms with E-state index in [2.05, 4.69) is 41.7 Å². The highest BCUT2D eigenvalue weighted by Crippen LogP contribution is 2.31. The first-order valence-corrected chi connectivity index (χ1v) is 8.54. The van der Waals surface area contributed by atoms with Gasteiger partial charge in [-0.05, 0) is 41.8 Å². The largest absolute Gasteiger partial charge is 0.497 e. The molecule has 0 saturated carbocycles. The number of hydrogen-bond acceptors (Lipinski definition) is 3. The second-order valence-corrected chi connectivity index (χ2v) is 6.35. The Morgan fingerprint density at radius 1 is 1.14 bits per heavy atom. The standard InChI is InChI=1S/C18H21NOS/c1-20-16-8-6-14(7-9-16)10-11-19-18-13-21-12-15-4-2-3-5-17(15)18/h2-9,18-19H,10-13H2,1H3. The first-order chi connectivity index (χ1) is 10.4. The summed E-state index contributed by atoms with van der Waals surface area (Å²) >= 11 is 2.02. The molecular formula is C18H21NOS. The van der Waals surface area contributed by atoms with Gasteiger partial charge in [0.25, 0.3) is 0 Å². The number of methoxy groups -OCH3 is 1. The summed E-state index contributed by atoms with van der Waals surface area (Å²) in [6, 6.07) is 17.6. The van der Waals surface area contributed by atoms with Crippen LogP contribution in [0, 0.1) is 0 Å². The lowest BCUT2D eigenvalue weighted by Gasteiger charge is -2.26. The minimum atomic E-state index is 0.484. The van der Waals surface area contributed by atoms with Gasteiger partial charge in [-0.3, -0.25) is 0 Å². The van der Waals surface area contributed by atoms with E-state index < -0.39 is 0 Å². The number of rotatable bonds is 5. The highest BCUT2D eigenvalue weighted by Gasteiger charge is 2.19. The fourth-order valence-electron chi connectivity index (χ4n) is 2.73. The SMILES string of the molecule is COc1ccc(CCNC2CSCc3ccccc32)cc1. The van der Waals surface area contributed by atoms with Crippen molar-refractivity contribution in [2.75, 3.05) is 19.4 Å². The fourth-order valence-corrected chi connectivity index (χ4v) is 3.87. The van der Waals surface area contributed by atoms with Gasteiger partial charge >= 0.3 is 0 Å². The molecule has 3 heteroatoms. The zero-order chi connectivity index (χ0) is 14.5. The number of fused-ring (bicyclic) bond motifs is 1. The lowest BCUT2D eigenvalue weighted by molar-refractivity contribution is 0.414. The minimum absolute atomic E-state index is 0.484. The van der Waals surface area contributed by atoms with Gasteiger partial charge in [0.2, 0.25) is 0 Å². The predicted octanol–water partition coefficient (Wildman–Crippen LogP) is 3.82. The van der Waals surface area contributed by atoms with Crippen LogP contribution in [0.3, 0.4) is 0 Å². The van der Waals surface area contributed by atoms with E-state index in [1.807, 2.05) is 23.9 Å². The number of benzene rings is 2. The van der Waals surface area contributed by atoms with Crippen molar-refractivity contribution in [1.29, 1.82) is 0 Å². The van der Waals surface area contributed by atoms with E-state index in [9.17, 15) is 0 Å². The number of hydrogen-bond donors (Lipinski definition) is 1. The summed E-state index contributed by atoms with van der Waals surface area (Å²) < 4.78 is 5.19. The molecule has 0 saturated heterocycles. The summed E-state index contributed by atoms with van der Waals surface area (Å²) in [4.78, 5) is 0. The highest BCUT2D eigenvalue weighted by molar-refractivity contribution is 7.98. The van der Waals surface area contributed by atoms with Crippen molar-refractivity contribution in [2.45, 2.75) is 18.2 Å². The molecule has 1 unspecified atom stereocenters. The van der Waals surface area contributed by atoms with E-state index in [1.165, 1.54) is 22.4 Å². The molecule has 0 aliphatic carbocycles. The second-order valence-electron chi connectivity index (χ2n) is 5.32. The minimum Gasteiger partial charge on any atom is -0.497 e. The van der Waals surface area contributed by atoms with E-state index in [4.69, 9.17) is 4.74 Å². The summed E-state index contributed by atoms with van der Waals surface area (Å²) in [6.45, 7) is 1.01. The van der Waals surface area contributed by atoms with Crippen molar-refractivity contribution in [2.24, 2.45) is 0 Å². The molecule has 0 fully saturated rings. The lowest BCUT2D eigenvalue weighted by atomic mass is 10.0. The molecule has 3 rings (SSSR count). The maximum atomic E-state index is 5.19. The molecule has 110 valence electrons. The summed E-state index contributed by atoms with van der Waals surface area (Å²) in [7, 11) is 1.70. The molecular weight excluding hydrogens is 278 g/mol. The molecule has 2 aromatic carbocycles. The third kappa shape index (κ3) is 3.60. The Morgan fingerprint density at radius 2 is 1.95 bits per heavy atom. The summed E-state index contributed by atoms with van der Waals surface area (Å²) in [6.07, 6.45) is 1.05. The Morgan fingerprint density at radius 3 is 2.76 bits per heavy atom. The number of thioether (sulfide) groups is 1.